The minimum atomic E-state index is 0.613. The van der Waals surface area contributed by atoms with E-state index in [2.05, 4.69) is 48.8 Å². The highest BCUT2D eigenvalue weighted by Crippen LogP contribution is 2.45. The maximum absolute atomic E-state index is 4.90. The molecule has 0 amide bonds. The first-order chi connectivity index (χ1) is 12.0. The average Bonchev–Trinajstić information content (AvgIpc) is 3.15. The zero-order chi connectivity index (χ0) is 17.7. The SMILES string of the molecule is Cc1nc(C2CCCC2)c2sc(C)c(-c3c(C)cc(Br)cc3C)c2n1. The van der Waals surface area contributed by atoms with Crippen LogP contribution < -0.4 is 0 Å². The van der Waals surface area contributed by atoms with Crippen molar-refractivity contribution in [1.82, 2.24) is 9.97 Å². The first-order valence-corrected chi connectivity index (χ1v) is 10.6. The molecular weight excluding hydrogens is 392 g/mol. The summed E-state index contributed by atoms with van der Waals surface area (Å²) in [6.07, 6.45) is 5.21. The van der Waals surface area contributed by atoms with Gasteiger partial charge in [0.15, 0.2) is 0 Å². The molecule has 4 rings (SSSR count). The summed E-state index contributed by atoms with van der Waals surface area (Å²) in [7, 11) is 0. The lowest BCUT2D eigenvalue weighted by molar-refractivity contribution is 0.700. The molecule has 0 radical (unpaired) electrons. The highest BCUT2D eigenvalue weighted by Gasteiger charge is 2.25. The molecule has 2 nitrogen and oxygen atoms in total. The van der Waals surface area contributed by atoms with Crippen molar-refractivity contribution in [3.8, 4) is 11.1 Å². The average molecular weight is 415 g/mol. The normalized spacial score (nSPS) is 15.4. The summed E-state index contributed by atoms with van der Waals surface area (Å²) in [6, 6.07) is 4.41. The lowest BCUT2D eigenvalue weighted by atomic mass is 9.94. The Balaban J connectivity index is 2.02. The third kappa shape index (κ3) is 2.93. The van der Waals surface area contributed by atoms with Gasteiger partial charge in [0.1, 0.15) is 5.82 Å². The Morgan fingerprint density at radius 1 is 0.960 bits per heavy atom. The summed E-state index contributed by atoms with van der Waals surface area (Å²) in [5.74, 6) is 1.52. The number of aromatic nitrogens is 2. The van der Waals surface area contributed by atoms with Gasteiger partial charge in [0.2, 0.25) is 0 Å². The van der Waals surface area contributed by atoms with Gasteiger partial charge in [0, 0.05) is 20.8 Å². The van der Waals surface area contributed by atoms with Gasteiger partial charge < -0.3 is 0 Å². The first-order valence-electron chi connectivity index (χ1n) is 9.00. The Labute approximate surface area is 161 Å². The molecule has 1 saturated carbocycles. The number of nitrogens with zero attached hydrogens (tertiary/aromatic N) is 2. The van der Waals surface area contributed by atoms with E-state index in [0.717, 1.165) is 15.8 Å². The molecule has 0 atom stereocenters. The van der Waals surface area contributed by atoms with Crippen LogP contribution in [0.5, 0.6) is 0 Å². The molecule has 4 heteroatoms. The monoisotopic (exact) mass is 414 g/mol. The van der Waals surface area contributed by atoms with Crippen LogP contribution in [-0.4, -0.2) is 9.97 Å². The number of fused-ring (bicyclic) bond motifs is 1. The van der Waals surface area contributed by atoms with Crippen LogP contribution in [0, 0.1) is 27.7 Å². The summed E-state index contributed by atoms with van der Waals surface area (Å²) in [5, 5.41) is 0. The van der Waals surface area contributed by atoms with Crippen molar-refractivity contribution in [3.63, 3.8) is 0 Å². The van der Waals surface area contributed by atoms with Crippen molar-refractivity contribution in [2.75, 3.05) is 0 Å². The highest BCUT2D eigenvalue weighted by molar-refractivity contribution is 9.10. The molecule has 0 saturated heterocycles. The maximum Gasteiger partial charge on any atom is 0.126 e. The summed E-state index contributed by atoms with van der Waals surface area (Å²) in [6.45, 7) is 8.66. The van der Waals surface area contributed by atoms with Gasteiger partial charge in [-0.1, -0.05) is 28.8 Å². The third-order valence-electron chi connectivity index (χ3n) is 5.34. The van der Waals surface area contributed by atoms with E-state index in [1.807, 2.05) is 18.3 Å². The molecule has 1 fully saturated rings. The number of rotatable bonds is 2. The summed E-state index contributed by atoms with van der Waals surface area (Å²) >= 11 is 5.50. The number of hydrogen-bond donors (Lipinski definition) is 0. The summed E-state index contributed by atoms with van der Waals surface area (Å²) < 4.78 is 2.45. The van der Waals surface area contributed by atoms with Crippen molar-refractivity contribution in [2.45, 2.75) is 59.3 Å². The van der Waals surface area contributed by atoms with E-state index in [4.69, 9.17) is 9.97 Å². The second-order valence-corrected chi connectivity index (χ2v) is 9.40. The molecule has 1 aliphatic carbocycles. The van der Waals surface area contributed by atoms with Crippen LogP contribution in [0.2, 0.25) is 0 Å². The van der Waals surface area contributed by atoms with E-state index in [-0.39, 0.29) is 0 Å². The van der Waals surface area contributed by atoms with Crippen LogP contribution in [0.4, 0.5) is 0 Å². The Hall–Kier alpha value is -1.26. The molecule has 1 aromatic carbocycles. The van der Waals surface area contributed by atoms with E-state index >= 15 is 0 Å². The fraction of sp³-hybridized carbons (Fsp3) is 0.429. The second kappa shape index (κ2) is 6.48. The first kappa shape index (κ1) is 17.2. The molecule has 0 bridgehead atoms. The van der Waals surface area contributed by atoms with Gasteiger partial charge in [0.25, 0.3) is 0 Å². The minimum Gasteiger partial charge on any atom is -0.236 e. The van der Waals surface area contributed by atoms with E-state index in [0.29, 0.717) is 5.92 Å². The van der Waals surface area contributed by atoms with Crippen LogP contribution >= 0.6 is 27.3 Å². The fourth-order valence-electron chi connectivity index (χ4n) is 4.30. The zero-order valence-electron chi connectivity index (χ0n) is 15.2. The number of thiophene rings is 1. The number of hydrogen-bond acceptors (Lipinski definition) is 3. The zero-order valence-corrected chi connectivity index (χ0v) is 17.6. The second-order valence-electron chi connectivity index (χ2n) is 7.26. The van der Waals surface area contributed by atoms with Gasteiger partial charge in [0.05, 0.1) is 15.9 Å². The van der Waals surface area contributed by atoms with Crippen LogP contribution in [0.25, 0.3) is 21.3 Å². The molecule has 2 heterocycles. The lowest BCUT2D eigenvalue weighted by Gasteiger charge is -2.13. The Kier molecular flexibility index (Phi) is 4.45. The molecule has 0 unspecified atom stereocenters. The van der Waals surface area contributed by atoms with Crippen LogP contribution in [0.15, 0.2) is 16.6 Å². The highest BCUT2D eigenvalue weighted by atomic mass is 79.9. The van der Waals surface area contributed by atoms with Gasteiger partial charge in [-0.2, -0.15) is 0 Å². The van der Waals surface area contributed by atoms with Gasteiger partial charge in [-0.3, -0.25) is 0 Å². The molecule has 0 N–H and O–H groups in total. The Morgan fingerprint density at radius 3 is 2.24 bits per heavy atom. The predicted octanol–water partition coefficient (Wildman–Crippen LogP) is 7.01. The van der Waals surface area contributed by atoms with E-state index < -0.39 is 0 Å². The van der Waals surface area contributed by atoms with Gasteiger partial charge >= 0.3 is 0 Å². The molecule has 1 aliphatic rings. The Morgan fingerprint density at radius 2 is 1.60 bits per heavy atom. The van der Waals surface area contributed by atoms with Crippen molar-refractivity contribution in [1.29, 1.82) is 0 Å². The molecule has 3 aromatic rings. The molecule has 0 aliphatic heterocycles. The van der Waals surface area contributed by atoms with Gasteiger partial charge in [-0.15, -0.1) is 11.3 Å². The molecule has 25 heavy (non-hydrogen) atoms. The smallest absolute Gasteiger partial charge is 0.126 e. The largest absolute Gasteiger partial charge is 0.236 e. The van der Waals surface area contributed by atoms with Gasteiger partial charge in [-0.25, -0.2) is 9.97 Å². The predicted molar refractivity (Wildman–Crippen MR) is 111 cm³/mol. The molecular formula is C21H23BrN2S. The van der Waals surface area contributed by atoms with Crippen LogP contribution in [0.1, 0.15) is 59.1 Å². The molecule has 130 valence electrons. The van der Waals surface area contributed by atoms with Crippen molar-refractivity contribution in [2.24, 2.45) is 0 Å². The van der Waals surface area contributed by atoms with Crippen molar-refractivity contribution in [3.05, 3.63) is 44.1 Å². The summed E-state index contributed by atoms with van der Waals surface area (Å²) in [4.78, 5) is 11.1. The minimum absolute atomic E-state index is 0.613. The quantitative estimate of drug-likeness (QED) is 0.450. The molecule has 2 aromatic heterocycles. The van der Waals surface area contributed by atoms with E-state index in [1.165, 1.54) is 63.2 Å². The Bertz CT molecular complexity index is 945. The summed E-state index contributed by atoms with van der Waals surface area (Å²) in [5.41, 5.74) is 7.70. The van der Waals surface area contributed by atoms with Crippen molar-refractivity contribution < 1.29 is 0 Å². The number of benzene rings is 1. The van der Waals surface area contributed by atoms with Gasteiger partial charge in [-0.05, 0) is 69.4 Å². The lowest BCUT2D eigenvalue weighted by Crippen LogP contribution is -2.01. The van der Waals surface area contributed by atoms with Crippen LogP contribution in [-0.2, 0) is 0 Å². The fourth-order valence-corrected chi connectivity index (χ4v) is 6.16. The van der Waals surface area contributed by atoms with Crippen LogP contribution in [0.3, 0.4) is 0 Å². The topological polar surface area (TPSA) is 25.8 Å². The molecule has 0 spiro atoms. The van der Waals surface area contributed by atoms with E-state index in [9.17, 15) is 0 Å². The standard InChI is InChI=1S/C21H23BrN2S/c1-11-9-16(22)10-12(2)17(11)18-13(3)25-21-19(15-7-5-6-8-15)23-14(4)24-20(18)21/h9-10,15H,5-8H2,1-4H3. The maximum atomic E-state index is 4.90. The van der Waals surface area contributed by atoms with Crippen molar-refractivity contribution >= 4 is 37.5 Å². The number of aryl methyl sites for hydroxylation is 4. The van der Waals surface area contributed by atoms with E-state index in [1.54, 1.807) is 0 Å². The number of halogens is 1. The third-order valence-corrected chi connectivity index (χ3v) is 6.91.